The van der Waals surface area contributed by atoms with Gasteiger partial charge in [-0.1, -0.05) is 18.2 Å². The molecule has 6 nitrogen and oxygen atoms in total. The molecule has 3 aromatic carbocycles. The number of amides is 1. The lowest BCUT2D eigenvalue weighted by atomic mass is 10.0. The number of rotatable bonds is 4. The molecule has 1 N–H and O–H groups in total. The van der Waals surface area contributed by atoms with Gasteiger partial charge in [-0.25, -0.2) is 9.37 Å². The first-order valence-electron chi connectivity index (χ1n) is 11.8. The first-order valence-corrected chi connectivity index (χ1v) is 12.7. The van der Waals surface area contributed by atoms with E-state index in [0.717, 1.165) is 45.6 Å². The van der Waals surface area contributed by atoms with E-state index >= 15 is 4.39 Å². The van der Waals surface area contributed by atoms with Crippen LogP contribution in [0.4, 0.5) is 15.8 Å². The molecule has 1 fully saturated rings. The average molecular weight is 498 g/mol. The summed E-state index contributed by atoms with van der Waals surface area (Å²) in [6.45, 7) is 2.96. The van der Waals surface area contributed by atoms with Crippen molar-refractivity contribution in [3.8, 4) is 11.1 Å². The maximum absolute atomic E-state index is 15.2. The summed E-state index contributed by atoms with van der Waals surface area (Å²) < 4.78 is 16.3. The number of nitrogens with zero attached hydrogens (tertiary/aromatic N) is 4. The zero-order valence-corrected chi connectivity index (χ0v) is 20.6. The van der Waals surface area contributed by atoms with Crippen LogP contribution >= 0.6 is 11.3 Å². The normalized spacial score (nSPS) is 14.4. The molecule has 180 valence electrons. The van der Waals surface area contributed by atoms with Gasteiger partial charge in [0, 0.05) is 60.3 Å². The number of piperazine rings is 1. The van der Waals surface area contributed by atoms with E-state index in [9.17, 15) is 4.79 Å². The molecular weight excluding hydrogens is 473 g/mol. The molecule has 3 heterocycles. The summed E-state index contributed by atoms with van der Waals surface area (Å²) in [6, 6.07) is 18.5. The van der Waals surface area contributed by atoms with Crippen LogP contribution in [0.1, 0.15) is 10.4 Å². The quantitative estimate of drug-likeness (QED) is 0.341. The zero-order valence-electron chi connectivity index (χ0n) is 19.7. The Hall–Kier alpha value is -3.88. The number of carbonyl (C=O) groups is 1. The smallest absolute Gasteiger partial charge is 0.254 e. The monoisotopic (exact) mass is 497 g/mol. The average Bonchev–Trinajstić information content (AvgIpc) is 3.36. The van der Waals surface area contributed by atoms with Crippen LogP contribution in [-0.4, -0.2) is 58.9 Å². The lowest BCUT2D eigenvalue weighted by Crippen LogP contribution is -2.47. The van der Waals surface area contributed by atoms with Crippen molar-refractivity contribution in [1.82, 2.24) is 19.8 Å². The van der Waals surface area contributed by atoms with Gasteiger partial charge in [0.05, 0.1) is 21.2 Å². The molecule has 5 aromatic rings. The highest BCUT2D eigenvalue weighted by Crippen LogP contribution is 2.32. The Morgan fingerprint density at radius 2 is 1.81 bits per heavy atom. The molecule has 0 unspecified atom stereocenters. The summed E-state index contributed by atoms with van der Waals surface area (Å²) >= 11 is 1.61. The zero-order chi connectivity index (χ0) is 24.6. The van der Waals surface area contributed by atoms with Gasteiger partial charge in [0.25, 0.3) is 5.91 Å². The molecule has 1 saturated heterocycles. The van der Waals surface area contributed by atoms with Gasteiger partial charge in [-0.2, -0.15) is 0 Å². The summed E-state index contributed by atoms with van der Waals surface area (Å²) in [5.74, 6) is -0.541. The SMILES string of the molecule is CN1CCN(C(=O)c2ccc(-c3ccc4c(Nc5ccc6scnc6c5)ccnc4c3)c(F)c2)CC1. The Kier molecular flexibility index (Phi) is 5.83. The second-order valence-corrected chi connectivity index (χ2v) is 9.93. The molecule has 1 aliphatic rings. The minimum atomic E-state index is -0.417. The van der Waals surface area contributed by atoms with Crippen LogP contribution in [-0.2, 0) is 0 Å². The summed E-state index contributed by atoms with van der Waals surface area (Å²) in [5, 5.41) is 4.39. The molecule has 36 heavy (non-hydrogen) atoms. The van der Waals surface area contributed by atoms with Crippen molar-refractivity contribution in [2.24, 2.45) is 0 Å². The lowest BCUT2D eigenvalue weighted by molar-refractivity contribution is 0.0663. The molecule has 0 saturated carbocycles. The van der Waals surface area contributed by atoms with E-state index in [-0.39, 0.29) is 5.91 Å². The van der Waals surface area contributed by atoms with E-state index in [2.05, 4.69) is 26.3 Å². The van der Waals surface area contributed by atoms with Gasteiger partial charge in [-0.3, -0.25) is 9.78 Å². The van der Waals surface area contributed by atoms with Crippen LogP contribution in [0.15, 0.2) is 72.4 Å². The van der Waals surface area contributed by atoms with E-state index in [1.54, 1.807) is 34.6 Å². The van der Waals surface area contributed by atoms with E-state index in [4.69, 9.17) is 0 Å². The number of thiazole rings is 1. The fourth-order valence-corrected chi connectivity index (χ4v) is 5.25. The summed E-state index contributed by atoms with van der Waals surface area (Å²) in [6.07, 6.45) is 1.74. The third kappa shape index (κ3) is 4.29. The topological polar surface area (TPSA) is 61.4 Å². The molecule has 6 rings (SSSR count). The summed E-state index contributed by atoms with van der Waals surface area (Å²) in [7, 11) is 2.04. The van der Waals surface area contributed by atoms with Crippen LogP contribution < -0.4 is 5.32 Å². The minimum Gasteiger partial charge on any atom is -0.355 e. The minimum absolute atomic E-state index is 0.125. The fraction of sp³-hybridized carbons (Fsp3) is 0.179. The van der Waals surface area contributed by atoms with Gasteiger partial charge < -0.3 is 15.1 Å². The number of hydrogen-bond donors (Lipinski definition) is 1. The Morgan fingerprint density at radius 3 is 2.64 bits per heavy atom. The van der Waals surface area contributed by atoms with Crippen molar-refractivity contribution in [1.29, 1.82) is 0 Å². The largest absolute Gasteiger partial charge is 0.355 e. The molecular formula is C28H24FN5OS. The second kappa shape index (κ2) is 9.29. The van der Waals surface area contributed by atoms with Crippen LogP contribution in [0.3, 0.4) is 0 Å². The third-order valence-corrected chi connectivity index (χ3v) is 7.48. The van der Waals surface area contributed by atoms with Gasteiger partial charge >= 0.3 is 0 Å². The Balaban J connectivity index is 1.27. The number of aromatic nitrogens is 2. The van der Waals surface area contributed by atoms with Gasteiger partial charge in [-0.05, 0) is 55.1 Å². The number of hydrogen-bond acceptors (Lipinski definition) is 6. The Bertz CT molecular complexity index is 1590. The third-order valence-electron chi connectivity index (χ3n) is 6.67. The molecule has 2 aromatic heterocycles. The van der Waals surface area contributed by atoms with Gasteiger partial charge in [-0.15, -0.1) is 11.3 Å². The first kappa shape index (κ1) is 22.6. The van der Waals surface area contributed by atoms with Crippen molar-refractivity contribution in [2.75, 3.05) is 38.5 Å². The molecule has 0 aliphatic carbocycles. The van der Waals surface area contributed by atoms with Gasteiger partial charge in [0.15, 0.2) is 0 Å². The predicted octanol–water partition coefficient (Wildman–Crippen LogP) is 5.78. The number of halogens is 1. The molecule has 0 radical (unpaired) electrons. The van der Waals surface area contributed by atoms with Crippen LogP contribution in [0.2, 0.25) is 0 Å². The van der Waals surface area contributed by atoms with Crippen molar-refractivity contribution in [3.05, 3.63) is 83.8 Å². The molecule has 0 bridgehead atoms. The lowest BCUT2D eigenvalue weighted by Gasteiger charge is -2.32. The van der Waals surface area contributed by atoms with Gasteiger partial charge in [0.2, 0.25) is 0 Å². The van der Waals surface area contributed by atoms with E-state index < -0.39 is 5.82 Å². The second-order valence-electron chi connectivity index (χ2n) is 9.04. The highest BCUT2D eigenvalue weighted by Gasteiger charge is 2.21. The number of pyridine rings is 1. The Labute approximate surface area is 212 Å². The fourth-order valence-electron chi connectivity index (χ4n) is 4.59. The van der Waals surface area contributed by atoms with Crippen LogP contribution in [0, 0.1) is 5.82 Å². The molecule has 0 atom stereocenters. The molecule has 0 spiro atoms. The number of benzene rings is 3. The number of nitrogens with one attached hydrogen (secondary N) is 1. The van der Waals surface area contributed by atoms with Crippen LogP contribution in [0.25, 0.3) is 32.2 Å². The van der Waals surface area contributed by atoms with E-state index in [1.807, 2.05) is 49.0 Å². The van der Waals surface area contributed by atoms with E-state index in [1.165, 1.54) is 6.07 Å². The summed E-state index contributed by atoms with van der Waals surface area (Å²) in [4.78, 5) is 25.7. The highest BCUT2D eigenvalue weighted by molar-refractivity contribution is 7.16. The van der Waals surface area contributed by atoms with Crippen molar-refractivity contribution in [2.45, 2.75) is 0 Å². The predicted molar refractivity (Wildman–Crippen MR) is 143 cm³/mol. The molecule has 1 aliphatic heterocycles. The number of fused-ring (bicyclic) bond motifs is 2. The van der Waals surface area contributed by atoms with Gasteiger partial charge in [0.1, 0.15) is 5.82 Å². The number of anilines is 2. The van der Waals surface area contributed by atoms with Crippen molar-refractivity contribution in [3.63, 3.8) is 0 Å². The van der Waals surface area contributed by atoms with Crippen molar-refractivity contribution < 1.29 is 9.18 Å². The number of likely N-dealkylation sites (N-methyl/N-ethyl adjacent to an activating group) is 1. The standard InChI is InChI=1S/C28H24FN5OS/c1-33-10-12-34(13-11-33)28(35)19-3-5-21(23(29)14-19)18-2-6-22-24(8-9-30-25(22)15-18)32-20-4-7-27-26(16-20)31-17-36-27/h2-9,14-17H,10-13H2,1H3,(H,30,32). The highest BCUT2D eigenvalue weighted by atomic mass is 32.1. The first-order chi connectivity index (χ1) is 17.5. The molecule has 1 amide bonds. The number of carbonyl (C=O) groups excluding carboxylic acids is 1. The van der Waals surface area contributed by atoms with Crippen LogP contribution in [0.5, 0.6) is 0 Å². The maximum Gasteiger partial charge on any atom is 0.254 e. The van der Waals surface area contributed by atoms with E-state index in [0.29, 0.717) is 29.8 Å². The molecule has 8 heteroatoms. The maximum atomic E-state index is 15.2. The Morgan fingerprint density at radius 1 is 0.944 bits per heavy atom. The summed E-state index contributed by atoms with van der Waals surface area (Å²) in [5.41, 5.74) is 6.94. The van der Waals surface area contributed by atoms with Crippen molar-refractivity contribution >= 4 is 49.7 Å².